The molecule has 0 atom stereocenters. The van der Waals surface area contributed by atoms with E-state index in [0.29, 0.717) is 5.13 Å². The van der Waals surface area contributed by atoms with Crippen LogP contribution in [0.25, 0.3) is 26.9 Å². The van der Waals surface area contributed by atoms with Crippen molar-refractivity contribution in [3.05, 3.63) is 67.1 Å². The second kappa shape index (κ2) is 8.35. The van der Waals surface area contributed by atoms with Crippen LogP contribution in [0.4, 0.5) is 16.8 Å². The molecule has 0 amide bonds. The topological polar surface area (TPSA) is 80.0 Å². The quantitative estimate of drug-likeness (QED) is 0.442. The van der Waals surface area contributed by atoms with Gasteiger partial charge in [0, 0.05) is 48.3 Å². The van der Waals surface area contributed by atoms with Crippen LogP contribution >= 0.6 is 11.3 Å². The summed E-state index contributed by atoms with van der Waals surface area (Å²) in [6, 6.07) is 12.4. The van der Waals surface area contributed by atoms with Gasteiger partial charge in [-0.2, -0.15) is 0 Å². The average Bonchev–Trinajstić information content (AvgIpc) is 3.25. The molecule has 0 unspecified atom stereocenters. The number of nitrogens with zero attached hydrogens (tertiary/aromatic N) is 4. The zero-order valence-corrected chi connectivity index (χ0v) is 18.0. The zero-order chi connectivity index (χ0) is 21.2. The summed E-state index contributed by atoms with van der Waals surface area (Å²) in [7, 11) is 0. The lowest BCUT2D eigenvalue weighted by Gasteiger charge is -2.28. The number of benzene rings is 1. The highest BCUT2D eigenvalue weighted by atomic mass is 32.1. The van der Waals surface area contributed by atoms with Crippen molar-refractivity contribution in [2.75, 3.05) is 29.0 Å². The van der Waals surface area contributed by atoms with E-state index in [2.05, 4.69) is 56.0 Å². The van der Waals surface area contributed by atoms with Crippen LogP contribution in [0.2, 0.25) is 0 Å². The van der Waals surface area contributed by atoms with Crippen molar-refractivity contribution in [2.24, 2.45) is 0 Å². The predicted molar refractivity (Wildman–Crippen MR) is 130 cm³/mol. The first kappa shape index (κ1) is 19.5. The molecule has 4 heterocycles. The summed E-state index contributed by atoms with van der Waals surface area (Å²) in [6.07, 6.45) is 9.29. The lowest BCUT2D eigenvalue weighted by Crippen LogP contribution is -2.30. The number of rotatable bonds is 5. The van der Waals surface area contributed by atoms with E-state index in [-0.39, 0.29) is 0 Å². The third-order valence-corrected chi connectivity index (χ3v) is 6.46. The molecule has 3 aromatic heterocycles. The van der Waals surface area contributed by atoms with Gasteiger partial charge in [-0.3, -0.25) is 0 Å². The molecule has 31 heavy (non-hydrogen) atoms. The van der Waals surface area contributed by atoms with Crippen LogP contribution in [0, 0.1) is 0 Å². The molecule has 0 bridgehead atoms. The molecule has 7 heteroatoms. The molecule has 6 nitrogen and oxygen atoms in total. The minimum Gasteiger partial charge on any atom is -0.375 e. The highest BCUT2D eigenvalue weighted by Gasteiger charge is 2.13. The molecule has 0 saturated carbocycles. The molecule has 0 spiro atoms. The molecule has 1 aliphatic heterocycles. The lowest BCUT2D eigenvalue weighted by atomic mass is 10.1. The van der Waals surface area contributed by atoms with Gasteiger partial charge < -0.3 is 16.0 Å². The highest BCUT2D eigenvalue weighted by molar-refractivity contribution is 7.18. The first-order valence-corrected chi connectivity index (χ1v) is 11.3. The Morgan fingerprint density at radius 2 is 1.84 bits per heavy atom. The maximum atomic E-state index is 5.79. The Hall–Kier alpha value is -3.45. The van der Waals surface area contributed by atoms with Crippen molar-refractivity contribution < 1.29 is 0 Å². The Labute approximate surface area is 185 Å². The molecule has 4 aromatic rings. The van der Waals surface area contributed by atoms with Crippen LogP contribution in [0.1, 0.15) is 24.8 Å². The molecule has 0 radical (unpaired) electrons. The van der Waals surface area contributed by atoms with E-state index in [4.69, 9.17) is 5.73 Å². The third kappa shape index (κ3) is 4.22. The number of nitrogens with one attached hydrogen (secondary N) is 1. The second-order valence-corrected chi connectivity index (χ2v) is 8.81. The van der Waals surface area contributed by atoms with E-state index in [1.54, 1.807) is 0 Å². The Morgan fingerprint density at radius 1 is 0.968 bits per heavy atom. The van der Waals surface area contributed by atoms with Gasteiger partial charge in [-0.1, -0.05) is 30.0 Å². The van der Waals surface area contributed by atoms with Gasteiger partial charge in [0.2, 0.25) is 0 Å². The van der Waals surface area contributed by atoms with E-state index in [9.17, 15) is 0 Å². The van der Waals surface area contributed by atoms with Gasteiger partial charge in [-0.25, -0.2) is 15.0 Å². The third-order valence-electron chi connectivity index (χ3n) is 5.58. The van der Waals surface area contributed by atoms with E-state index in [1.807, 2.05) is 30.7 Å². The summed E-state index contributed by atoms with van der Waals surface area (Å²) in [5.74, 6) is 1.77. The lowest BCUT2D eigenvalue weighted by molar-refractivity contribution is 0.573. The molecular formula is C24H24N6S. The molecule has 156 valence electrons. The number of hydrogen-bond donors (Lipinski definition) is 2. The van der Waals surface area contributed by atoms with Crippen molar-refractivity contribution in [3.63, 3.8) is 0 Å². The molecule has 0 aliphatic carbocycles. The number of hydrogen-bond acceptors (Lipinski definition) is 7. The van der Waals surface area contributed by atoms with Gasteiger partial charge in [0.1, 0.15) is 11.6 Å². The summed E-state index contributed by atoms with van der Waals surface area (Å²) in [6.45, 7) is 6.37. The average molecular weight is 429 g/mol. The Kier molecular flexibility index (Phi) is 5.26. The van der Waals surface area contributed by atoms with Crippen LogP contribution < -0.4 is 16.0 Å². The smallest absolute Gasteiger partial charge is 0.180 e. The van der Waals surface area contributed by atoms with Gasteiger partial charge in [0.25, 0.3) is 0 Å². The Balaban J connectivity index is 1.37. The zero-order valence-electron chi connectivity index (χ0n) is 17.2. The first-order valence-electron chi connectivity index (χ1n) is 10.4. The van der Waals surface area contributed by atoms with Crippen LogP contribution in [0.15, 0.2) is 61.6 Å². The molecule has 1 saturated heterocycles. The van der Waals surface area contributed by atoms with E-state index in [0.717, 1.165) is 57.2 Å². The van der Waals surface area contributed by atoms with Crippen molar-refractivity contribution in [3.8, 4) is 10.4 Å². The van der Waals surface area contributed by atoms with Crippen LogP contribution in [-0.2, 0) is 0 Å². The number of nitrogens with two attached hydrogens (primary N) is 1. The van der Waals surface area contributed by atoms with Crippen molar-refractivity contribution in [1.29, 1.82) is 0 Å². The maximum absolute atomic E-state index is 5.79. The summed E-state index contributed by atoms with van der Waals surface area (Å²) in [5.41, 5.74) is 8.71. The fourth-order valence-electron chi connectivity index (χ4n) is 3.91. The number of fused-ring (bicyclic) bond motifs is 1. The number of pyridine rings is 2. The summed E-state index contributed by atoms with van der Waals surface area (Å²) in [5, 5.41) is 6.11. The fourth-order valence-corrected chi connectivity index (χ4v) is 4.59. The number of thiazole rings is 1. The Morgan fingerprint density at radius 3 is 2.65 bits per heavy atom. The van der Waals surface area contributed by atoms with Crippen molar-refractivity contribution in [1.82, 2.24) is 15.0 Å². The van der Waals surface area contributed by atoms with E-state index >= 15 is 0 Å². The number of aromatic nitrogens is 3. The molecule has 5 rings (SSSR count). The Bertz CT molecular complexity index is 1240. The molecule has 3 N–H and O–H groups in total. The first-order chi connectivity index (χ1) is 15.2. The minimum atomic E-state index is 0.574. The van der Waals surface area contributed by atoms with E-state index < -0.39 is 0 Å². The SMILES string of the molecule is C=C(Nc1cc2cc(-c3cnc(N)s3)ccc2cn1)c1ccnc(N2CCCCC2)c1. The highest BCUT2D eigenvalue weighted by Crippen LogP contribution is 2.31. The van der Waals surface area contributed by atoms with Gasteiger partial charge in [-0.15, -0.1) is 0 Å². The van der Waals surface area contributed by atoms with Gasteiger partial charge in [0.05, 0.1) is 4.88 Å². The monoisotopic (exact) mass is 428 g/mol. The minimum absolute atomic E-state index is 0.574. The summed E-state index contributed by atoms with van der Waals surface area (Å²) < 4.78 is 0. The molecule has 1 fully saturated rings. The van der Waals surface area contributed by atoms with Gasteiger partial charge in [0.15, 0.2) is 5.13 Å². The van der Waals surface area contributed by atoms with Crippen LogP contribution in [0.5, 0.6) is 0 Å². The van der Waals surface area contributed by atoms with E-state index in [1.165, 1.54) is 30.6 Å². The number of nitrogen functional groups attached to an aromatic ring is 1. The van der Waals surface area contributed by atoms with Gasteiger partial charge in [-0.05, 0) is 54.5 Å². The molecule has 1 aliphatic rings. The maximum Gasteiger partial charge on any atom is 0.180 e. The van der Waals surface area contributed by atoms with Crippen molar-refractivity contribution in [2.45, 2.75) is 19.3 Å². The van der Waals surface area contributed by atoms with Crippen LogP contribution in [-0.4, -0.2) is 28.0 Å². The normalized spacial score (nSPS) is 14.0. The summed E-state index contributed by atoms with van der Waals surface area (Å²) in [4.78, 5) is 16.7. The van der Waals surface area contributed by atoms with Gasteiger partial charge >= 0.3 is 0 Å². The fraction of sp³-hybridized carbons (Fsp3) is 0.208. The molecule has 1 aromatic carbocycles. The number of anilines is 3. The standard InChI is InChI=1S/C24H24N6S/c1-16(17-7-8-26-23(13-17)30-9-3-2-4-10-30)29-22-12-20-11-18(5-6-19(20)14-27-22)21-15-28-24(25)31-21/h5-8,11-15H,1-4,9-10H2,(H2,25,28)(H,27,29). The predicted octanol–water partition coefficient (Wildman–Crippen LogP) is 5.41. The van der Waals surface area contributed by atoms with Crippen LogP contribution in [0.3, 0.4) is 0 Å². The number of piperidine rings is 1. The van der Waals surface area contributed by atoms with Crippen molar-refractivity contribution >= 4 is 44.6 Å². The summed E-state index contributed by atoms with van der Waals surface area (Å²) >= 11 is 1.49. The largest absolute Gasteiger partial charge is 0.375 e. The second-order valence-electron chi connectivity index (χ2n) is 7.75. The molecular weight excluding hydrogens is 404 g/mol.